The molecule has 112 valence electrons. The Labute approximate surface area is 125 Å². The Morgan fingerprint density at radius 2 is 1.65 bits per heavy atom. The summed E-state index contributed by atoms with van der Waals surface area (Å²) in [6.07, 6.45) is 9.78. The third kappa shape index (κ3) is 3.44. The third-order valence-corrected chi connectivity index (χ3v) is 5.31. The maximum Gasteiger partial charge on any atom is 0.0103 e. The lowest BCUT2D eigenvalue weighted by Gasteiger charge is -2.41. The highest BCUT2D eigenvalue weighted by Crippen LogP contribution is 2.42. The highest BCUT2D eigenvalue weighted by atomic mass is 14.9. The summed E-state index contributed by atoms with van der Waals surface area (Å²) in [4.78, 5) is 0. The lowest BCUT2D eigenvalue weighted by Crippen LogP contribution is -2.44. The van der Waals surface area contributed by atoms with E-state index in [-0.39, 0.29) is 0 Å². The summed E-state index contributed by atoms with van der Waals surface area (Å²) in [6, 6.07) is 11.3. The molecule has 0 aliphatic heterocycles. The molecule has 0 aromatic heterocycles. The van der Waals surface area contributed by atoms with E-state index in [9.17, 15) is 0 Å². The average Bonchev–Trinajstić information content (AvgIpc) is 2.79. The predicted octanol–water partition coefficient (Wildman–Crippen LogP) is 4.91. The number of benzene rings is 1. The van der Waals surface area contributed by atoms with Crippen LogP contribution in [-0.2, 0) is 5.41 Å². The fourth-order valence-electron chi connectivity index (χ4n) is 4.05. The Hall–Kier alpha value is -0.820. The van der Waals surface area contributed by atoms with Gasteiger partial charge >= 0.3 is 0 Å². The Balaban J connectivity index is 2.30. The van der Waals surface area contributed by atoms with E-state index in [0.29, 0.717) is 5.41 Å². The van der Waals surface area contributed by atoms with E-state index in [1.165, 1.54) is 44.9 Å². The van der Waals surface area contributed by atoms with Gasteiger partial charge in [0.15, 0.2) is 0 Å². The lowest BCUT2D eigenvalue weighted by atomic mass is 9.65. The second-order valence-corrected chi connectivity index (χ2v) is 6.34. The summed E-state index contributed by atoms with van der Waals surface area (Å²) >= 11 is 0. The van der Waals surface area contributed by atoms with Crippen LogP contribution in [-0.4, -0.2) is 13.1 Å². The minimum absolute atomic E-state index is 0.335. The maximum atomic E-state index is 3.66. The van der Waals surface area contributed by atoms with Crippen molar-refractivity contribution in [1.82, 2.24) is 5.32 Å². The van der Waals surface area contributed by atoms with Gasteiger partial charge in [-0.2, -0.15) is 0 Å². The van der Waals surface area contributed by atoms with Crippen molar-refractivity contribution in [2.24, 2.45) is 5.92 Å². The first kappa shape index (κ1) is 15.6. The molecule has 1 N–H and O–H groups in total. The molecule has 1 nitrogen and oxygen atoms in total. The standard InChI is InChI=1S/C19H31N/c1-3-19(16-20-4-2,18-14-10-7-11-15-18)17-12-8-5-6-9-13-17/h7,10-11,14-15,17,20H,3-6,8-9,12-13,16H2,1-2H3. The van der Waals surface area contributed by atoms with Crippen molar-refractivity contribution < 1.29 is 0 Å². The zero-order chi connectivity index (χ0) is 14.3. The van der Waals surface area contributed by atoms with Crippen LogP contribution in [0.25, 0.3) is 0 Å². The van der Waals surface area contributed by atoms with Crippen molar-refractivity contribution in [3.8, 4) is 0 Å². The Bertz CT molecular complexity index is 365. The molecule has 0 saturated heterocycles. The zero-order valence-corrected chi connectivity index (χ0v) is 13.3. The predicted molar refractivity (Wildman–Crippen MR) is 88.1 cm³/mol. The summed E-state index contributed by atoms with van der Waals surface area (Å²) in [5, 5.41) is 3.66. The van der Waals surface area contributed by atoms with Gasteiger partial charge in [-0.3, -0.25) is 0 Å². The Kier molecular flexibility index (Phi) is 6.09. The van der Waals surface area contributed by atoms with Crippen molar-refractivity contribution in [3.63, 3.8) is 0 Å². The van der Waals surface area contributed by atoms with E-state index in [1.807, 2.05) is 0 Å². The molecule has 2 rings (SSSR count). The van der Waals surface area contributed by atoms with Crippen LogP contribution in [0, 0.1) is 5.92 Å². The molecule has 0 radical (unpaired) electrons. The van der Waals surface area contributed by atoms with Gasteiger partial charge in [-0.1, -0.05) is 69.9 Å². The molecule has 1 aromatic rings. The Morgan fingerprint density at radius 3 is 2.20 bits per heavy atom. The van der Waals surface area contributed by atoms with E-state index in [1.54, 1.807) is 5.56 Å². The first-order chi connectivity index (χ1) is 9.83. The molecule has 1 aliphatic rings. The summed E-state index contributed by atoms with van der Waals surface area (Å²) in [6.45, 7) is 6.81. The molecule has 0 amide bonds. The van der Waals surface area contributed by atoms with Crippen molar-refractivity contribution in [3.05, 3.63) is 35.9 Å². The largest absolute Gasteiger partial charge is 0.316 e. The van der Waals surface area contributed by atoms with Crippen LogP contribution >= 0.6 is 0 Å². The van der Waals surface area contributed by atoms with Gasteiger partial charge in [-0.05, 0) is 37.3 Å². The van der Waals surface area contributed by atoms with Crippen LogP contribution in [0.2, 0.25) is 0 Å². The molecule has 1 aliphatic carbocycles. The summed E-state index contributed by atoms with van der Waals surface area (Å²) in [5.74, 6) is 0.844. The van der Waals surface area contributed by atoms with Crippen LogP contribution in [0.3, 0.4) is 0 Å². The first-order valence-corrected chi connectivity index (χ1v) is 8.59. The molecular formula is C19H31N. The number of hydrogen-bond donors (Lipinski definition) is 1. The molecule has 1 aromatic carbocycles. The molecule has 0 spiro atoms. The quantitative estimate of drug-likeness (QED) is 0.726. The highest BCUT2D eigenvalue weighted by molar-refractivity contribution is 5.27. The number of likely N-dealkylation sites (N-methyl/N-ethyl adjacent to an activating group) is 1. The summed E-state index contributed by atoms with van der Waals surface area (Å²) in [5.41, 5.74) is 1.89. The van der Waals surface area contributed by atoms with Gasteiger partial charge in [0.2, 0.25) is 0 Å². The minimum Gasteiger partial charge on any atom is -0.316 e. The smallest absolute Gasteiger partial charge is 0.0103 e. The second kappa shape index (κ2) is 7.83. The second-order valence-electron chi connectivity index (χ2n) is 6.34. The van der Waals surface area contributed by atoms with Gasteiger partial charge in [-0.15, -0.1) is 0 Å². The van der Waals surface area contributed by atoms with E-state index >= 15 is 0 Å². The molecule has 0 bridgehead atoms. The van der Waals surface area contributed by atoms with Gasteiger partial charge in [0.25, 0.3) is 0 Å². The molecule has 20 heavy (non-hydrogen) atoms. The first-order valence-electron chi connectivity index (χ1n) is 8.59. The van der Waals surface area contributed by atoms with E-state index in [0.717, 1.165) is 19.0 Å². The molecule has 1 fully saturated rings. The van der Waals surface area contributed by atoms with Gasteiger partial charge in [0.05, 0.1) is 0 Å². The number of hydrogen-bond acceptors (Lipinski definition) is 1. The van der Waals surface area contributed by atoms with Crippen molar-refractivity contribution in [2.75, 3.05) is 13.1 Å². The normalized spacial score (nSPS) is 20.3. The maximum absolute atomic E-state index is 3.66. The van der Waals surface area contributed by atoms with E-state index < -0.39 is 0 Å². The Morgan fingerprint density at radius 1 is 1.00 bits per heavy atom. The average molecular weight is 273 g/mol. The van der Waals surface area contributed by atoms with E-state index in [4.69, 9.17) is 0 Å². The minimum atomic E-state index is 0.335. The fraction of sp³-hybridized carbons (Fsp3) is 0.684. The van der Waals surface area contributed by atoms with Crippen LogP contribution in [0.1, 0.15) is 64.4 Å². The van der Waals surface area contributed by atoms with Gasteiger partial charge < -0.3 is 5.32 Å². The molecule has 1 atom stereocenters. The van der Waals surface area contributed by atoms with Crippen molar-refractivity contribution >= 4 is 0 Å². The van der Waals surface area contributed by atoms with Crippen molar-refractivity contribution in [2.45, 2.75) is 64.2 Å². The molecular weight excluding hydrogens is 242 g/mol. The lowest BCUT2D eigenvalue weighted by molar-refractivity contribution is 0.222. The third-order valence-electron chi connectivity index (χ3n) is 5.31. The van der Waals surface area contributed by atoms with Crippen molar-refractivity contribution in [1.29, 1.82) is 0 Å². The summed E-state index contributed by atoms with van der Waals surface area (Å²) < 4.78 is 0. The van der Waals surface area contributed by atoms with Gasteiger partial charge in [-0.25, -0.2) is 0 Å². The highest BCUT2D eigenvalue weighted by Gasteiger charge is 2.38. The fourth-order valence-corrected chi connectivity index (χ4v) is 4.05. The van der Waals surface area contributed by atoms with Crippen LogP contribution in [0.15, 0.2) is 30.3 Å². The van der Waals surface area contributed by atoms with E-state index in [2.05, 4.69) is 49.5 Å². The van der Waals surface area contributed by atoms with Crippen LogP contribution in [0.5, 0.6) is 0 Å². The molecule has 1 unspecified atom stereocenters. The molecule has 1 saturated carbocycles. The van der Waals surface area contributed by atoms with Crippen LogP contribution < -0.4 is 5.32 Å². The summed E-state index contributed by atoms with van der Waals surface area (Å²) in [7, 11) is 0. The van der Waals surface area contributed by atoms with Crippen LogP contribution in [0.4, 0.5) is 0 Å². The molecule has 0 heterocycles. The number of nitrogens with one attached hydrogen (secondary N) is 1. The monoisotopic (exact) mass is 273 g/mol. The SMILES string of the molecule is CCNCC(CC)(c1ccccc1)C1CCCCCC1. The zero-order valence-electron chi connectivity index (χ0n) is 13.3. The number of rotatable bonds is 6. The van der Waals surface area contributed by atoms with Gasteiger partial charge in [0, 0.05) is 12.0 Å². The topological polar surface area (TPSA) is 12.0 Å². The van der Waals surface area contributed by atoms with Gasteiger partial charge in [0.1, 0.15) is 0 Å². The molecule has 1 heteroatoms.